The molecule has 2 aromatic rings. The van der Waals surface area contributed by atoms with Crippen molar-refractivity contribution < 1.29 is 27.5 Å². The molecule has 2 N–H and O–H groups in total. The minimum Gasteiger partial charge on any atom is -0.483 e. The second kappa shape index (κ2) is 8.97. The van der Waals surface area contributed by atoms with Crippen molar-refractivity contribution >= 4 is 29.1 Å². The molecule has 5 nitrogen and oxygen atoms in total. The minimum atomic E-state index is -4.64. The van der Waals surface area contributed by atoms with Gasteiger partial charge in [0.2, 0.25) is 0 Å². The lowest BCUT2D eigenvalue weighted by atomic mass is 10.1. The largest absolute Gasteiger partial charge is 0.483 e. The quantitative estimate of drug-likeness (QED) is 0.734. The summed E-state index contributed by atoms with van der Waals surface area (Å²) in [6.07, 6.45) is -4.64. The summed E-state index contributed by atoms with van der Waals surface area (Å²) in [4.78, 5) is 24.2. The van der Waals surface area contributed by atoms with Gasteiger partial charge in [0.1, 0.15) is 5.75 Å². The smallest absolute Gasteiger partial charge is 0.417 e. The SMILES string of the molecule is CCNC(=O)c1cccc(C)c1OCC(=O)Nc1ccc(Cl)c(C(F)(F)F)c1. The van der Waals surface area contributed by atoms with Crippen molar-refractivity contribution in [2.45, 2.75) is 20.0 Å². The molecule has 0 saturated heterocycles. The molecule has 2 rings (SSSR count). The van der Waals surface area contributed by atoms with Crippen molar-refractivity contribution in [1.82, 2.24) is 5.32 Å². The molecule has 0 unspecified atom stereocenters. The first kappa shape index (κ1) is 21.6. The van der Waals surface area contributed by atoms with Crippen molar-refractivity contribution in [3.63, 3.8) is 0 Å². The van der Waals surface area contributed by atoms with E-state index in [1.54, 1.807) is 32.0 Å². The van der Waals surface area contributed by atoms with Crippen molar-refractivity contribution in [3.05, 3.63) is 58.1 Å². The molecule has 0 aliphatic rings. The number of carbonyl (C=O) groups excluding carboxylic acids is 2. The molecule has 9 heteroatoms. The molecule has 0 heterocycles. The Hall–Kier alpha value is -2.74. The van der Waals surface area contributed by atoms with E-state index in [2.05, 4.69) is 10.6 Å². The van der Waals surface area contributed by atoms with Crippen LogP contribution in [-0.2, 0) is 11.0 Å². The van der Waals surface area contributed by atoms with Gasteiger partial charge >= 0.3 is 6.18 Å². The summed E-state index contributed by atoms with van der Waals surface area (Å²) in [6, 6.07) is 8.00. The molecule has 0 spiro atoms. The van der Waals surface area contributed by atoms with Crippen LogP contribution < -0.4 is 15.4 Å². The van der Waals surface area contributed by atoms with Gasteiger partial charge in [0.15, 0.2) is 6.61 Å². The van der Waals surface area contributed by atoms with E-state index in [0.717, 1.165) is 12.1 Å². The predicted molar refractivity (Wildman–Crippen MR) is 99.8 cm³/mol. The second-order valence-electron chi connectivity index (χ2n) is 5.84. The van der Waals surface area contributed by atoms with E-state index in [9.17, 15) is 22.8 Å². The van der Waals surface area contributed by atoms with Crippen LogP contribution in [0, 0.1) is 6.92 Å². The summed E-state index contributed by atoms with van der Waals surface area (Å²) in [7, 11) is 0. The summed E-state index contributed by atoms with van der Waals surface area (Å²) in [5, 5.41) is 4.50. The van der Waals surface area contributed by atoms with E-state index in [1.807, 2.05) is 0 Å². The maximum atomic E-state index is 12.9. The first-order valence-electron chi connectivity index (χ1n) is 8.30. The Morgan fingerprint density at radius 1 is 1.18 bits per heavy atom. The summed E-state index contributed by atoms with van der Waals surface area (Å²) < 4.78 is 44.2. The predicted octanol–water partition coefficient (Wildman–Crippen LogP) is 4.43. The molecular formula is C19H18ClF3N2O3. The lowest BCUT2D eigenvalue weighted by molar-refractivity contribution is -0.137. The number of alkyl halides is 3. The fourth-order valence-corrected chi connectivity index (χ4v) is 2.66. The van der Waals surface area contributed by atoms with E-state index in [1.165, 1.54) is 6.07 Å². The van der Waals surface area contributed by atoms with Gasteiger partial charge < -0.3 is 15.4 Å². The third-order valence-electron chi connectivity index (χ3n) is 3.70. The van der Waals surface area contributed by atoms with Crippen LogP contribution >= 0.6 is 11.6 Å². The highest BCUT2D eigenvalue weighted by Gasteiger charge is 2.33. The van der Waals surface area contributed by atoms with Gasteiger partial charge in [-0.1, -0.05) is 23.7 Å². The number of rotatable bonds is 6. The maximum absolute atomic E-state index is 12.9. The van der Waals surface area contributed by atoms with Crippen LogP contribution in [0.4, 0.5) is 18.9 Å². The first-order chi connectivity index (χ1) is 13.1. The molecule has 0 saturated carbocycles. The molecule has 0 atom stereocenters. The fourth-order valence-electron chi connectivity index (χ4n) is 2.43. The zero-order chi connectivity index (χ0) is 20.9. The molecule has 0 aliphatic carbocycles. The average Bonchev–Trinajstić information content (AvgIpc) is 2.61. The Morgan fingerprint density at radius 3 is 2.54 bits per heavy atom. The molecule has 2 aromatic carbocycles. The third-order valence-corrected chi connectivity index (χ3v) is 4.03. The van der Waals surface area contributed by atoms with Crippen LogP contribution in [-0.4, -0.2) is 25.0 Å². The van der Waals surface area contributed by atoms with Gasteiger partial charge in [0.05, 0.1) is 16.1 Å². The molecular weight excluding hydrogens is 397 g/mol. The third kappa shape index (κ3) is 5.39. The maximum Gasteiger partial charge on any atom is 0.417 e. The van der Waals surface area contributed by atoms with Crippen LogP contribution in [0.15, 0.2) is 36.4 Å². The molecule has 0 aliphatic heterocycles. The minimum absolute atomic E-state index is 0.0703. The van der Waals surface area contributed by atoms with E-state index < -0.39 is 29.3 Å². The number of nitrogens with one attached hydrogen (secondary N) is 2. The highest BCUT2D eigenvalue weighted by Crippen LogP contribution is 2.36. The first-order valence-corrected chi connectivity index (χ1v) is 8.68. The van der Waals surface area contributed by atoms with Crippen molar-refractivity contribution in [2.24, 2.45) is 0 Å². The van der Waals surface area contributed by atoms with Gasteiger partial charge in [-0.15, -0.1) is 0 Å². The van der Waals surface area contributed by atoms with E-state index in [0.29, 0.717) is 12.1 Å². The van der Waals surface area contributed by atoms with Gasteiger partial charge in [-0.25, -0.2) is 0 Å². The number of amides is 2. The van der Waals surface area contributed by atoms with E-state index in [-0.39, 0.29) is 22.9 Å². The van der Waals surface area contributed by atoms with Gasteiger partial charge in [-0.05, 0) is 43.7 Å². The number of carbonyl (C=O) groups is 2. The number of anilines is 1. The van der Waals surface area contributed by atoms with Crippen molar-refractivity contribution in [3.8, 4) is 5.75 Å². The molecule has 28 heavy (non-hydrogen) atoms. The standard InChI is InChI=1S/C19H18ClF3N2O3/c1-3-24-18(27)13-6-4-5-11(2)17(13)28-10-16(26)25-12-7-8-15(20)14(9-12)19(21,22)23/h4-9H,3,10H2,1-2H3,(H,24,27)(H,25,26). The Bertz CT molecular complexity index is 885. The van der Waals surface area contributed by atoms with Crippen LogP contribution in [0.1, 0.15) is 28.4 Å². The van der Waals surface area contributed by atoms with E-state index >= 15 is 0 Å². The number of ether oxygens (including phenoxy) is 1. The van der Waals surface area contributed by atoms with Crippen LogP contribution in [0.5, 0.6) is 5.75 Å². The summed E-state index contributed by atoms with van der Waals surface area (Å²) in [5.74, 6) is -0.801. The molecule has 0 bridgehead atoms. The highest BCUT2D eigenvalue weighted by atomic mass is 35.5. The molecule has 150 valence electrons. The summed E-state index contributed by atoms with van der Waals surface area (Å²) in [5.41, 5.74) is -0.215. The zero-order valence-electron chi connectivity index (χ0n) is 15.1. The lowest BCUT2D eigenvalue weighted by Gasteiger charge is -2.14. The van der Waals surface area contributed by atoms with Gasteiger partial charge in [-0.3, -0.25) is 9.59 Å². The summed E-state index contributed by atoms with van der Waals surface area (Å²) >= 11 is 5.55. The number of hydrogen-bond acceptors (Lipinski definition) is 3. The number of aryl methyl sites for hydroxylation is 1. The highest BCUT2D eigenvalue weighted by molar-refractivity contribution is 6.31. The Kier molecular flexibility index (Phi) is 6.90. The van der Waals surface area contributed by atoms with E-state index in [4.69, 9.17) is 16.3 Å². The Labute approximate surface area is 164 Å². The fraction of sp³-hybridized carbons (Fsp3) is 0.263. The average molecular weight is 415 g/mol. The molecule has 2 amide bonds. The monoisotopic (exact) mass is 414 g/mol. The second-order valence-corrected chi connectivity index (χ2v) is 6.25. The topological polar surface area (TPSA) is 67.4 Å². The molecule has 0 radical (unpaired) electrons. The van der Waals surface area contributed by atoms with Crippen LogP contribution in [0.3, 0.4) is 0 Å². The Balaban J connectivity index is 2.11. The van der Waals surface area contributed by atoms with Crippen molar-refractivity contribution in [2.75, 3.05) is 18.5 Å². The van der Waals surface area contributed by atoms with Crippen LogP contribution in [0.25, 0.3) is 0 Å². The number of hydrogen-bond donors (Lipinski definition) is 2. The zero-order valence-corrected chi connectivity index (χ0v) is 15.9. The van der Waals surface area contributed by atoms with Crippen molar-refractivity contribution in [1.29, 1.82) is 0 Å². The van der Waals surface area contributed by atoms with Crippen LogP contribution in [0.2, 0.25) is 5.02 Å². The number of para-hydroxylation sites is 1. The van der Waals surface area contributed by atoms with Gasteiger partial charge in [0.25, 0.3) is 11.8 Å². The van der Waals surface area contributed by atoms with Gasteiger partial charge in [-0.2, -0.15) is 13.2 Å². The van der Waals surface area contributed by atoms with Gasteiger partial charge in [0, 0.05) is 12.2 Å². The number of benzene rings is 2. The molecule has 0 fully saturated rings. The molecule has 0 aromatic heterocycles. The number of halogens is 4. The Morgan fingerprint density at radius 2 is 1.89 bits per heavy atom. The summed E-state index contributed by atoms with van der Waals surface area (Å²) in [6.45, 7) is 3.42. The normalized spacial score (nSPS) is 11.1. The lowest BCUT2D eigenvalue weighted by Crippen LogP contribution is -2.25.